The smallest absolute Gasteiger partial charge is 0.00639 e. The summed E-state index contributed by atoms with van der Waals surface area (Å²) in [5, 5.41) is 5.57. The second kappa shape index (κ2) is 8.40. The minimum Gasteiger partial charge on any atom is -0.0801 e. The summed E-state index contributed by atoms with van der Waals surface area (Å²) >= 11 is 0. The van der Waals surface area contributed by atoms with Crippen molar-refractivity contribution in [1.82, 2.24) is 0 Å². The Hall–Kier alpha value is -3.90. The molecule has 0 N–H and O–H groups in total. The van der Waals surface area contributed by atoms with Crippen LogP contribution >= 0.6 is 0 Å². The second-order valence-corrected chi connectivity index (χ2v) is 9.95. The maximum absolute atomic E-state index is 2.49. The molecule has 0 radical (unpaired) electrons. The summed E-state index contributed by atoms with van der Waals surface area (Å²) in [5.74, 6) is 0. The van der Waals surface area contributed by atoms with Gasteiger partial charge in [0, 0.05) is 0 Å². The molecule has 7 rings (SSSR count). The molecule has 0 nitrogen and oxygen atoms in total. The summed E-state index contributed by atoms with van der Waals surface area (Å²) in [4.78, 5) is 0. The first-order valence-corrected chi connectivity index (χ1v) is 12.9. The van der Waals surface area contributed by atoms with Gasteiger partial charge in [0.15, 0.2) is 0 Å². The lowest BCUT2D eigenvalue weighted by atomic mass is 9.87. The molecule has 0 aliphatic heterocycles. The maximum atomic E-state index is 2.49. The van der Waals surface area contributed by atoms with Crippen molar-refractivity contribution in [2.24, 2.45) is 0 Å². The Labute approximate surface area is 206 Å². The van der Waals surface area contributed by atoms with E-state index in [4.69, 9.17) is 0 Å². The van der Waals surface area contributed by atoms with E-state index in [0.29, 0.717) is 0 Å². The number of hydrogen-bond acceptors (Lipinski definition) is 0. The largest absolute Gasteiger partial charge is 0.0801 e. The summed E-state index contributed by atoms with van der Waals surface area (Å²) in [6.07, 6.45) is 15.4. The minimum absolute atomic E-state index is 1.02. The van der Waals surface area contributed by atoms with Crippen LogP contribution in [0.15, 0.2) is 103 Å². The van der Waals surface area contributed by atoms with Crippen molar-refractivity contribution in [1.29, 1.82) is 0 Å². The topological polar surface area (TPSA) is 0 Å². The van der Waals surface area contributed by atoms with Gasteiger partial charge in [-0.05, 0) is 110 Å². The molecule has 3 aliphatic rings. The van der Waals surface area contributed by atoms with Crippen LogP contribution in [0, 0.1) is 10.4 Å². The van der Waals surface area contributed by atoms with Gasteiger partial charge in [-0.2, -0.15) is 0 Å². The van der Waals surface area contributed by atoms with Crippen molar-refractivity contribution >= 4 is 17.2 Å². The monoisotopic (exact) mass is 448 g/mol. The Bertz CT molecular complexity index is 1730. The zero-order chi connectivity index (χ0) is 23.2. The lowest BCUT2D eigenvalue weighted by Gasteiger charge is -2.16. The Balaban J connectivity index is 1.64. The van der Waals surface area contributed by atoms with Gasteiger partial charge in [-0.3, -0.25) is 0 Å². The van der Waals surface area contributed by atoms with Gasteiger partial charge in [0.05, 0.1) is 0 Å². The fourth-order valence-corrected chi connectivity index (χ4v) is 6.18. The molecule has 0 amide bonds. The Morgan fingerprint density at radius 3 is 2.09 bits per heavy atom. The summed E-state index contributed by atoms with van der Waals surface area (Å²) in [5.41, 5.74) is 11.3. The van der Waals surface area contributed by atoms with Gasteiger partial charge in [-0.1, -0.05) is 96.6 Å². The minimum atomic E-state index is 1.02. The Morgan fingerprint density at radius 1 is 0.629 bits per heavy atom. The van der Waals surface area contributed by atoms with Crippen molar-refractivity contribution in [3.8, 4) is 22.3 Å². The molecule has 1 saturated carbocycles. The summed E-state index contributed by atoms with van der Waals surface area (Å²) in [6.45, 7) is 0. The molecule has 0 bridgehead atoms. The van der Waals surface area contributed by atoms with E-state index in [2.05, 4.69) is 109 Å². The van der Waals surface area contributed by atoms with Gasteiger partial charge >= 0.3 is 0 Å². The van der Waals surface area contributed by atoms with Gasteiger partial charge < -0.3 is 0 Å². The van der Waals surface area contributed by atoms with Crippen LogP contribution in [0.4, 0.5) is 0 Å². The molecule has 35 heavy (non-hydrogen) atoms. The van der Waals surface area contributed by atoms with E-state index in [1.165, 1.54) is 85.5 Å². The van der Waals surface area contributed by atoms with Crippen LogP contribution in [0.5, 0.6) is 0 Å². The van der Waals surface area contributed by atoms with Gasteiger partial charge in [-0.25, -0.2) is 0 Å². The highest BCUT2D eigenvalue weighted by Gasteiger charge is 2.21. The highest BCUT2D eigenvalue weighted by atomic mass is 14.2. The van der Waals surface area contributed by atoms with Crippen LogP contribution in [-0.4, -0.2) is 0 Å². The van der Waals surface area contributed by atoms with Crippen molar-refractivity contribution in [3.63, 3.8) is 0 Å². The maximum Gasteiger partial charge on any atom is -0.00639 e. The van der Waals surface area contributed by atoms with Crippen molar-refractivity contribution in [3.05, 3.63) is 135 Å². The standard InChI is InChI=1S/C35H28/c1-3-11-24(12-4-1)28-19-20-29-22-33-32(30(29)21-28)23-31(25-13-5-2-6-14-25)34(26-15-7-8-16-26)35(33)27-17-9-10-18-27/h1-6,9-14,17,19-23H,7-8,15-16,18H2. The van der Waals surface area contributed by atoms with Crippen molar-refractivity contribution < 1.29 is 0 Å². The number of allylic oxidation sites excluding steroid dienone is 4. The van der Waals surface area contributed by atoms with Crippen LogP contribution < -0.4 is 10.4 Å². The lowest BCUT2D eigenvalue weighted by molar-refractivity contribution is 0.886. The van der Waals surface area contributed by atoms with E-state index in [1.807, 2.05) is 0 Å². The predicted octanol–water partition coefficient (Wildman–Crippen LogP) is 7.52. The third kappa shape index (κ3) is 3.44. The van der Waals surface area contributed by atoms with E-state index in [0.717, 1.165) is 6.42 Å². The Morgan fingerprint density at radius 2 is 1.37 bits per heavy atom. The number of hydrogen-bond donors (Lipinski definition) is 0. The molecular weight excluding hydrogens is 420 g/mol. The fourth-order valence-electron chi connectivity index (χ4n) is 6.18. The first-order chi connectivity index (χ1) is 17.4. The first-order valence-electron chi connectivity index (χ1n) is 12.9. The molecule has 4 aromatic carbocycles. The number of rotatable bonds is 3. The van der Waals surface area contributed by atoms with Gasteiger partial charge in [0.2, 0.25) is 0 Å². The molecule has 168 valence electrons. The van der Waals surface area contributed by atoms with Crippen molar-refractivity contribution in [2.75, 3.05) is 0 Å². The molecule has 0 heteroatoms. The van der Waals surface area contributed by atoms with E-state index in [1.54, 1.807) is 5.57 Å². The molecule has 4 aromatic rings. The Kier molecular flexibility index (Phi) is 4.91. The van der Waals surface area contributed by atoms with Crippen LogP contribution in [0.25, 0.3) is 39.5 Å². The third-order valence-corrected chi connectivity index (χ3v) is 7.86. The lowest BCUT2D eigenvalue weighted by Crippen LogP contribution is -2.17. The third-order valence-electron chi connectivity index (χ3n) is 7.86. The van der Waals surface area contributed by atoms with Gasteiger partial charge in [-0.15, -0.1) is 0 Å². The molecular formula is C35H28. The van der Waals surface area contributed by atoms with Crippen LogP contribution in [0.1, 0.15) is 43.2 Å². The zero-order valence-corrected chi connectivity index (χ0v) is 19.9. The molecule has 0 spiro atoms. The molecule has 0 atom stereocenters. The second-order valence-electron chi connectivity index (χ2n) is 9.95. The highest BCUT2D eigenvalue weighted by molar-refractivity contribution is 5.85. The summed E-state index contributed by atoms with van der Waals surface area (Å²) in [7, 11) is 0. The first kappa shape index (κ1) is 20.5. The van der Waals surface area contributed by atoms with E-state index in [9.17, 15) is 0 Å². The van der Waals surface area contributed by atoms with Crippen LogP contribution in [0.2, 0.25) is 0 Å². The van der Waals surface area contributed by atoms with Crippen molar-refractivity contribution in [2.45, 2.75) is 32.1 Å². The number of benzene rings is 4. The molecule has 1 fully saturated rings. The molecule has 0 saturated heterocycles. The average molecular weight is 449 g/mol. The SMILES string of the molecule is C1=CCC(c2c3c(cc(-c4ccccc4)c2=C2CCCC2)=c2cc(-c4ccccc4)ccc2=C3)=C1. The van der Waals surface area contributed by atoms with E-state index >= 15 is 0 Å². The fraction of sp³-hybridized carbons (Fsp3) is 0.143. The number of fused-ring (bicyclic) bond motifs is 2. The van der Waals surface area contributed by atoms with E-state index < -0.39 is 0 Å². The molecule has 0 heterocycles. The van der Waals surface area contributed by atoms with Gasteiger partial charge in [0.25, 0.3) is 0 Å². The molecule has 0 unspecified atom stereocenters. The normalized spacial score (nSPS) is 15.7. The zero-order valence-electron chi connectivity index (χ0n) is 19.9. The predicted molar refractivity (Wildman–Crippen MR) is 148 cm³/mol. The average Bonchev–Trinajstić information content (AvgIpc) is 3.70. The summed E-state index contributed by atoms with van der Waals surface area (Å²) in [6, 6.07) is 31.3. The highest BCUT2D eigenvalue weighted by Crippen LogP contribution is 2.34. The molecule has 0 aromatic heterocycles. The molecule has 3 aliphatic carbocycles. The quantitative estimate of drug-likeness (QED) is 0.268. The van der Waals surface area contributed by atoms with Crippen LogP contribution in [0.3, 0.4) is 0 Å². The van der Waals surface area contributed by atoms with Crippen LogP contribution in [-0.2, 0) is 0 Å². The van der Waals surface area contributed by atoms with Gasteiger partial charge in [0.1, 0.15) is 0 Å². The summed E-state index contributed by atoms with van der Waals surface area (Å²) < 4.78 is 0. The van der Waals surface area contributed by atoms with E-state index in [-0.39, 0.29) is 0 Å².